The molecule has 7 nitrogen and oxygen atoms in total. The quantitative estimate of drug-likeness (QED) is 0.550. The van der Waals surface area contributed by atoms with Gasteiger partial charge in [-0.2, -0.15) is 0 Å². The molecule has 148 valence electrons. The van der Waals surface area contributed by atoms with Crippen LogP contribution in [0.5, 0.6) is 5.75 Å². The summed E-state index contributed by atoms with van der Waals surface area (Å²) in [5.41, 5.74) is 2.24. The summed E-state index contributed by atoms with van der Waals surface area (Å²) in [6.45, 7) is 12.3. The summed E-state index contributed by atoms with van der Waals surface area (Å²) in [7, 11) is 0. The summed E-state index contributed by atoms with van der Waals surface area (Å²) in [5, 5.41) is 8.67. The topological polar surface area (TPSA) is 86.3 Å². The maximum Gasteiger partial charge on any atom is 0.233 e. The zero-order valence-electron chi connectivity index (χ0n) is 16.9. The number of amides is 1. The van der Waals surface area contributed by atoms with Crippen LogP contribution in [-0.4, -0.2) is 43.5 Å². The van der Waals surface area contributed by atoms with Crippen molar-refractivity contribution >= 4 is 17.7 Å². The van der Waals surface area contributed by atoms with Crippen molar-refractivity contribution in [3.8, 4) is 5.75 Å². The molecule has 0 saturated heterocycles. The van der Waals surface area contributed by atoms with Crippen molar-refractivity contribution in [2.24, 2.45) is 0 Å². The number of carbonyl (C=O) groups excluding carboxylic acids is 1. The van der Waals surface area contributed by atoms with Crippen LogP contribution in [0, 0.1) is 13.8 Å². The number of hydrogen-bond donors (Lipinski definition) is 1. The van der Waals surface area contributed by atoms with E-state index in [0.717, 1.165) is 11.3 Å². The van der Waals surface area contributed by atoms with E-state index in [1.54, 1.807) is 0 Å². The third kappa shape index (κ3) is 5.38. The molecule has 1 aromatic carbocycles. The largest absolute Gasteiger partial charge is 0.485 e. The van der Waals surface area contributed by atoms with Crippen LogP contribution in [0.1, 0.15) is 44.6 Å². The molecule has 1 amide bonds. The number of aryl methyl sites for hydroxylation is 2. The number of nitrogens with zero attached hydrogens (tertiary/aromatic N) is 4. The standard InChI is InChI=1S/C19H29N5O2S/c1-12(2)23(13(3)4)18(25)11-27-19-22-21-17(24(19)20)10-26-16-8-7-14(5)9-15(16)6/h7-9,12-13H,10-11,20H2,1-6H3. The van der Waals surface area contributed by atoms with Crippen LogP contribution in [0.25, 0.3) is 0 Å². The predicted octanol–water partition coefficient (Wildman–Crippen LogP) is 2.93. The number of aromatic nitrogens is 3. The Hall–Kier alpha value is -2.22. The van der Waals surface area contributed by atoms with E-state index < -0.39 is 0 Å². The molecule has 2 N–H and O–H groups in total. The summed E-state index contributed by atoms with van der Waals surface area (Å²) in [6.07, 6.45) is 0. The summed E-state index contributed by atoms with van der Waals surface area (Å²) >= 11 is 1.28. The van der Waals surface area contributed by atoms with Crippen LogP contribution < -0.4 is 10.6 Å². The Morgan fingerprint density at radius 3 is 2.48 bits per heavy atom. The Kier molecular flexibility index (Phi) is 7.12. The lowest BCUT2D eigenvalue weighted by Gasteiger charge is -2.30. The highest BCUT2D eigenvalue weighted by molar-refractivity contribution is 7.99. The van der Waals surface area contributed by atoms with Gasteiger partial charge >= 0.3 is 0 Å². The number of rotatable bonds is 8. The zero-order chi connectivity index (χ0) is 20.1. The molecule has 0 saturated carbocycles. The van der Waals surface area contributed by atoms with Gasteiger partial charge in [0.2, 0.25) is 11.1 Å². The summed E-state index contributed by atoms with van der Waals surface area (Å²) in [6, 6.07) is 6.29. The van der Waals surface area contributed by atoms with Crippen molar-refractivity contribution in [3.05, 3.63) is 35.2 Å². The smallest absolute Gasteiger partial charge is 0.233 e. The van der Waals surface area contributed by atoms with Gasteiger partial charge in [-0.05, 0) is 53.2 Å². The lowest BCUT2D eigenvalue weighted by atomic mass is 10.1. The van der Waals surface area contributed by atoms with E-state index in [0.29, 0.717) is 11.0 Å². The maximum absolute atomic E-state index is 12.5. The van der Waals surface area contributed by atoms with Gasteiger partial charge in [0.25, 0.3) is 0 Å². The zero-order valence-corrected chi connectivity index (χ0v) is 17.7. The van der Waals surface area contributed by atoms with Gasteiger partial charge in [0.05, 0.1) is 5.75 Å². The van der Waals surface area contributed by atoms with Gasteiger partial charge in [0.1, 0.15) is 12.4 Å². The molecule has 2 aromatic rings. The second kappa shape index (κ2) is 9.12. The van der Waals surface area contributed by atoms with E-state index in [1.807, 2.05) is 58.6 Å². The second-order valence-corrected chi connectivity index (χ2v) is 8.05. The minimum atomic E-state index is 0.0566. The molecular weight excluding hydrogens is 362 g/mol. The monoisotopic (exact) mass is 391 g/mol. The number of benzene rings is 1. The molecule has 8 heteroatoms. The van der Waals surface area contributed by atoms with Crippen molar-refractivity contribution < 1.29 is 9.53 Å². The third-order valence-corrected chi connectivity index (χ3v) is 5.08. The van der Waals surface area contributed by atoms with Crippen molar-refractivity contribution in [1.29, 1.82) is 0 Å². The van der Waals surface area contributed by atoms with Gasteiger partial charge in [-0.3, -0.25) is 4.79 Å². The molecule has 1 heterocycles. The molecule has 0 fully saturated rings. The molecule has 27 heavy (non-hydrogen) atoms. The molecule has 0 radical (unpaired) electrons. The van der Waals surface area contributed by atoms with Crippen LogP contribution >= 0.6 is 11.8 Å². The first-order chi connectivity index (χ1) is 12.7. The van der Waals surface area contributed by atoms with E-state index in [9.17, 15) is 4.79 Å². The number of hydrogen-bond acceptors (Lipinski definition) is 6. The van der Waals surface area contributed by atoms with Crippen molar-refractivity contribution in [3.63, 3.8) is 0 Å². The van der Waals surface area contributed by atoms with Crippen molar-refractivity contribution in [1.82, 2.24) is 19.8 Å². The Labute approximate surface area is 165 Å². The Morgan fingerprint density at radius 1 is 1.22 bits per heavy atom. The minimum absolute atomic E-state index is 0.0566. The van der Waals surface area contributed by atoms with E-state index in [4.69, 9.17) is 10.6 Å². The molecule has 1 aromatic heterocycles. The van der Waals surface area contributed by atoms with Gasteiger partial charge in [0.15, 0.2) is 5.82 Å². The highest BCUT2D eigenvalue weighted by Crippen LogP contribution is 2.21. The lowest BCUT2D eigenvalue weighted by molar-refractivity contribution is -0.131. The van der Waals surface area contributed by atoms with Gasteiger partial charge in [-0.15, -0.1) is 10.2 Å². The van der Waals surface area contributed by atoms with Gasteiger partial charge in [0, 0.05) is 12.1 Å². The predicted molar refractivity (Wildman–Crippen MR) is 108 cm³/mol. The van der Waals surface area contributed by atoms with Crippen LogP contribution in [0.15, 0.2) is 23.4 Å². The fourth-order valence-electron chi connectivity index (χ4n) is 2.98. The number of ether oxygens (including phenoxy) is 1. The molecule has 0 bridgehead atoms. The van der Waals surface area contributed by atoms with Crippen molar-refractivity contribution in [2.45, 2.75) is 65.4 Å². The fourth-order valence-corrected chi connectivity index (χ4v) is 3.73. The molecule has 0 spiro atoms. The van der Waals surface area contributed by atoms with Gasteiger partial charge in [-0.25, -0.2) is 4.68 Å². The van der Waals surface area contributed by atoms with Crippen LogP contribution in [0.3, 0.4) is 0 Å². The number of nitrogen functional groups attached to an aromatic ring is 1. The number of carbonyl (C=O) groups is 1. The van der Waals surface area contributed by atoms with Gasteiger partial charge < -0.3 is 15.5 Å². The molecule has 0 unspecified atom stereocenters. The first-order valence-electron chi connectivity index (χ1n) is 9.04. The van der Waals surface area contributed by atoms with E-state index in [-0.39, 0.29) is 30.4 Å². The Bertz CT molecular complexity index is 780. The van der Waals surface area contributed by atoms with E-state index in [1.165, 1.54) is 22.0 Å². The second-order valence-electron chi connectivity index (χ2n) is 7.10. The maximum atomic E-state index is 12.5. The highest BCUT2D eigenvalue weighted by atomic mass is 32.2. The molecule has 2 rings (SSSR count). The molecule has 0 aliphatic rings. The normalized spacial score (nSPS) is 11.3. The Balaban J connectivity index is 1.97. The average molecular weight is 392 g/mol. The first kappa shape index (κ1) is 21.1. The van der Waals surface area contributed by atoms with Crippen LogP contribution in [0.2, 0.25) is 0 Å². The van der Waals surface area contributed by atoms with Crippen LogP contribution in [-0.2, 0) is 11.4 Å². The van der Waals surface area contributed by atoms with E-state index in [2.05, 4.69) is 16.3 Å². The first-order valence-corrected chi connectivity index (χ1v) is 10.0. The van der Waals surface area contributed by atoms with Gasteiger partial charge in [-0.1, -0.05) is 29.5 Å². The Morgan fingerprint density at radius 2 is 1.89 bits per heavy atom. The highest BCUT2D eigenvalue weighted by Gasteiger charge is 2.21. The summed E-state index contributed by atoms with van der Waals surface area (Å²) in [4.78, 5) is 14.3. The van der Waals surface area contributed by atoms with Crippen LogP contribution in [0.4, 0.5) is 0 Å². The fraction of sp³-hybridized carbons (Fsp3) is 0.526. The molecular formula is C19H29N5O2S. The van der Waals surface area contributed by atoms with E-state index >= 15 is 0 Å². The molecule has 0 aliphatic carbocycles. The SMILES string of the molecule is Cc1ccc(OCc2nnc(SCC(=O)N(C(C)C)C(C)C)n2N)c(C)c1. The molecule has 0 atom stereocenters. The number of thioether (sulfide) groups is 1. The summed E-state index contributed by atoms with van der Waals surface area (Å²) < 4.78 is 7.20. The summed E-state index contributed by atoms with van der Waals surface area (Å²) in [5.74, 6) is 7.70. The van der Waals surface area contributed by atoms with Crippen molar-refractivity contribution in [2.75, 3.05) is 11.6 Å². The average Bonchev–Trinajstić information content (AvgIpc) is 2.91. The lowest BCUT2D eigenvalue weighted by Crippen LogP contribution is -2.43. The molecule has 0 aliphatic heterocycles. The minimum Gasteiger partial charge on any atom is -0.485 e. The third-order valence-electron chi connectivity index (χ3n) is 4.15. The number of nitrogens with two attached hydrogens (primary N) is 1.